The minimum atomic E-state index is -0.333. The van der Waals surface area contributed by atoms with E-state index in [1.807, 2.05) is 13.0 Å². The van der Waals surface area contributed by atoms with E-state index in [0.717, 1.165) is 18.4 Å². The highest BCUT2D eigenvalue weighted by molar-refractivity contribution is 6.15. The first kappa shape index (κ1) is 20.3. The predicted octanol–water partition coefficient (Wildman–Crippen LogP) is 5.20. The highest BCUT2D eigenvalue weighted by atomic mass is 16.3. The molecule has 1 aliphatic rings. The second-order valence-corrected chi connectivity index (χ2v) is 7.47. The number of fused-ring (bicyclic) bond motifs is 2. The van der Waals surface area contributed by atoms with Crippen LogP contribution >= 0.6 is 0 Å². The Hall–Kier alpha value is -3.41. The third-order valence-electron chi connectivity index (χ3n) is 4.85. The predicted molar refractivity (Wildman–Crippen MR) is 115 cm³/mol. The first-order chi connectivity index (χ1) is 13.8. The Morgan fingerprint density at radius 2 is 1.79 bits per heavy atom. The van der Waals surface area contributed by atoms with Crippen molar-refractivity contribution in [3.63, 3.8) is 0 Å². The van der Waals surface area contributed by atoms with Gasteiger partial charge in [-0.1, -0.05) is 29.4 Å². The van der Waals surface area contributed by atoms with Crippen molar-refractivity contribution in [2.24, 2.45) is 0 Å². The number of hydrogen-bond donors (Lipinski definition) is 4. The molecular formula is C23H26N2O4. The summed E-state index contributed by atoms with van der Waals surface area (Å²) in [5, 5.41) is 33.5. The molecule has 3 rings (SSSR count). The number of carbonyl (C=O) groups excluding carboxylic acids is 1. The van der Waals surface area contributed by atoms with Gasteiger partial charge in [0.2, 0.25) is 0 Å². The van der Waals surface area contributed by atoms with E-state index in [1.54, 1.807) is 12.1 Å². The van der Waals surface area contributed by atoms with Crippen molar-refractivity contribution in [1.29, 1.82) is 0 Å². The molecule has 0 aromatic heterocycles. The van der Waals surface area contributed by atoms with Crippen LogP contribution in [-0.2, 0) is 0 Å². The van der Waals surface area contributed by atoms with Gasteiger partial charge in [0, 0.05) is 18.7 Å². The number of nitrogens with one attached hydrogen (secondary N) is 1. The van der Waals surface area contributed by atoms with E-state index in [9.17, 15) is 20.1 Å². The summed E-state index contributed by atoms with van der Waals surface area (Å²) in [7, 11) is 0. The summed E-state index contributed by atoms with van der Waals surface area (Å²) in [5.74, 6) is -0.788. The van der Waals surface area contributed by atoms with Crippen molar-refractivity contribution in [2.75, 3.05) is 16.8 Å². The maximum Gasteiger partial charge on any atom is 0.260 e. The van der Waals surface area contributed by atoms with E-state index in [-0.39, 0.29) is 46.6 Å². The highest BCUT2D eigenvalue weighted by Crippen LogP contribution is 2.45. The van der Waals surface area contributed by atoms with Gasteiger partial charge in [-0.25, -0.2) is 0 Å². The van der Waals surface area contributed by atoms with E-state index in [0.29, 0.717) is 5.69 Å². The number of allylic oxidation sites excluding steroid dienone is 3. The zero-order chi connectivity index (χ0) is 21.1. The van der Waals surface area contributed by atoms with Crippen LogP contribution in [-0.4, -0.2) is 27.8 Å². The molecule has 4 N–H and O–H groups in total. The summed E-state index contributed by atoms with van der Waals surface area (Å²) >= 11 is 0. The molecule has 0 radical (unpaired) electrons. The fourth-order valence-electron chi connectivity index (χ4n) is 3.29. The van der Waals surface area contributed by atoms with Crippen LogP contribution in [0.3, 0.4) is 0 Å². The number of phenolic OH excluding ortho intramolecular Hbond substituents is 3. The van der Waals surface area contributed by atoms with Gasteiger partial charge in [-0.05, 0) is 45.7 Å². The average molecular weight is 394 g/mol. The monoisotopic (exact) mass is 394 g/mol. The fourth-order valence-corrected chi connectivity index (χ4v) is 3.29. The van der Waals surface area contributed by atoms with Crippen molar-refractivity contribution in [3.05, 3.63) is 59.2 Å². The zero-order valence-corrected chi connectivity index (χ0v) is 16.9. The molecule has 1 heterocycles. The molecule has 6 nitrogen and oxygen atoms in total. The number of nitrogens with zero attached hydrogens (tertiary/aromatic N) is 1. The summed E-state index contributed by atoms with van der Waals surface area (Å²) in [6.45, 7) is 6.40. The Balaban J connectivity index is 2.01. The smallest absolute Gasteiger partial charge is 0.260 e. The average Bonchev–Trinajstić information content (AvgIpc) is 2.76. The minimum Gasteiger partial charge on any atom is -0.508 e. The minimum absolute atomic E-state index is 0.0930. The third-order valence-corrected chi connectivity index (χ3v) is 4.85. The largest absolute Gasteiger partial charge is 0.508 e. The molecule has 1 aliphatic heterocycles. The van der Waals surface area contributed by atoms with Gasteiger partial charge in [0.05, 0.1) is 16.9 Å². The molecule has 0 saturated heterocycles. The zero-order valence-electron chi connectivity index (χ0n) is 16.9. The van der Waals surface area contributed by atoms with Crippen molar-refractivity contribution in [1.82, 2.24) is 0 Å². The molecule has 0 saturated carbocycles. The van der Waals surface area contributed by atoms with Crippen molar-refractivity contribution in [3.8, 4) is 17.2 Å². The lowest BCUT2D eigenvalue weighted by molar-refractivity contribution is 0.0991. The van der Waals surface area contributed by atoms with E-state index >= 15 is 0 Å². The van der Waals surface area contributed by atoms with Crippen molar-refractivity contribution < 1.29 is 20.1 Å². The molecule has 1 amide bonds. The van der Waals surface area contributed by atoms with Crippen LogP contribution in [0, 0.1) is 0 Å². The second-order valence-electron chi connectivity index (χ2n) is 7.47. The Kier molecular flexibility index (Phi) is 5.82. The summed E-state index contributed by atoms with van der Waals surface area (Å²) in [6, 6.07) is 7.31. The van der Waals surface area contributed by atoms with Gasteiger partial charge < -0.3 is 25.5 Å². The van der Waals surface area contributed by atoms with E-state index in [1.165, 1.54) is 28.7 Å². The summed E-state index contributed by atoms with van der Waals surface area (Å²) < 4.78 is 0. The molecule has 29 heavy (non-hydrogen) atoms. The van der Waals surface area contributed by atoms with Gasteiger partial charge >= 0.3 is 0 Å². The Labute approximate surface area is 170 Å². The number of para-hydroxylation sites is 1. The number of benzene rings is 2. The van der Waals surface area contributed by atoms with E-state index < -0.39 is 0 Å². The molecule has 0 bridgehead atoms. The van der Waals surface area contributed by atoms with Crippen LogP contribution < -0.4 is 10.2 Å². The molecule has 0 spiro atoms. The maximum absolute atomic E-state index is 13.3. The number of anilines is 3. The number of phenols is 3. The summed E-state index contributed by atoms with van der Waals surface area (Å²) in [4.78, 5) is 14.7. The van der Waals surface area contributed by atoms with Crippen LogP contribution in [0.25, 0.3) is 0 Å². The van der Waals surface area contributed by atoms with Gasteiger partial charge in [0.15, 0.2) is 0 Å². The van der Waals surface area contributed by atoms with Gasteiger partial charge in [-0.2, -0.15) is 0 Å². The van der Waals surface area contributed by atoms with Crippen LogP contribution in [0.15, 0.2) is 53.6 Å². The van der Waals surface area contributed by atoms with Crippen molar-refractivity contribution in [2.45, 2.75) is 33.6 Å². The normalized spacial score (nSPS) is 13.3. The molecule has 0 atom stereocenters. The van der Waals surface area contributed by atoms with Gasteiger partial charge in [0.1, 0.15) is 22.9 Å². The van der Waals surface area contributed by atoms with Crippen molar-refractivity contribution >= 4 is 23.0 Å². The van der Waals surface area contributed by atoms with Crippen LogP contribution in [0.1, 0.15) is 44.0 Å². The molecule has 0 aliphatic carbocycles. The SMILES string of the molecule is CC(C)=CCC/C(C)=C/CN1C(=O)c2cccc(O)c2Nc2c(O)cc(O)cc21. The summed E-state index contributed by atoms with van der Waals surface area (Å²) in [5.41, 5.74) is 3.52. The molecule has 2 aromatic rings. The van der Waals surface area contributed by atoms with Gasteiger partial charge in [-0.15, -0.1) is 0 Å². The fraction of sp³-hybridized carbons (Fsp3) is 0.261. The summed E-state index contributed by atoms with van der Waals surface area (Å²) in [6.07, 6.45) is 5.94. The van der Waals surface area contributed by atoms with Crippen LogP contribution in [0.5, 0.6) is 17.2 Å². The molecule has 6 heteroatoms. The number of carbonyl (C=O) groups is 1. The highest BCUT2D eigenvalue weighted by Gasteiger charge is 2.29. The number of rotatable bonds is 5. The standard InChI is InChI=1S/C23H26N2O4/c1-14(2)6-4-7-15(3)10-11-25-18-12-16(26)13-20(28)22(18)24-21-17(23(25)29)8-5-9-19(21)27/h5-6,8-10,12-13,24,26-28H,4,7,11H2,1-3H3/b15-10+. The lowest BCUT2D eigenvalue weighted by atomic mass is 10.1. The first-order valence-corrected chi connectivity index (χ1v) is 9.53. The van der Waals surface area contributed by atoms with E-state index in [4.69, 9.17) is 0 Å². The molecule has 152 valence electrons. The Morgan fingerprint density at radius 3 is 2.52 bits per heavy atom. The van der Waals surface area contributed by atoms with Gasteiger partial charge in [0.25, 0.3) is 5.91 Å². The van der Waals surface area contributed by atoms with Crippen LogP contribution in [0.2, 0.25) is 0 Å². The Bertz CT molecular complexity index is 1000. The molecule has 2 aromatic carbocycles. The molecular weight excluding hydrogens is 368 g/mol. The topological polar surface area (TPSA) is 93.0 Å². The van der Waals surface area contributed by atoms with E-state index in [2.05, 4.69) is 25.2 Å². The Morgan fingerprint density at radius 1 is 1.03 bits per heavy atom. The van der Waals surface area contributed by atoms with Gasteiger partial charge in [-0.3, -0.25) is 4.79 Å². The number of amides is 1. The third kappa shape index (κ3) is 4.37. The maximum atomic E-state index is 13.3. The first-order valence-electron chi connectivity index (χ1n) is 9.53. The lowest BCUT2D eigenvalue weighted by Crippen LogP contribution is -2.30. The van der Waals surface area contributed by atoms with Crippen LogP contribution in [0.4, 0.5) is 17.1 Å². The molecule has 0 fully saturated rings. The second kappa shape index (κ2) is 8.31. The number of hydrogen-bond acceptors (Lipinski definition) is 5. The quantitative estimate of drug-likeness (QED) is 0.318. The lowest BCUT2D eigenvalue weighted by Gasteiger charge is -2.22. The molecule has 0 unspecified atom stereocenters. The number of aromatic hydroxyl groups is 3.